The van der Waals surface area contributed by atoms with Crippen LogP contribution in [-0.2, 0) is 25.9 Å². The quantitative estimate of drug-likeness (QED) is 0.513. The van der Waals surface area contributed by atoms with E-state index in [0.29, 0.717) is 19.5 Å². The minimum Gasteiger partial charge on any atom is -0.406 e. The third-order valence-electron chi connectivity index (χ3n) is 5.37. The van der Waals surface area contributed by atoms with Gasteiger partial charge in [0, 0.05) is 48.8 Å². The zero-order valence-corrected chi connectivity index (χ0v) is 17.2. The van der Waals surface area contributed by atoms with Gasteiger partial charge in [0.05, 0.1) is 6.20 Å². The van der Waals surface area contributed by atoms with E-state index in [9.17, 15) is 17.6 Å². The molecule has 0 saturated heterocycles. The summed E-state index contributed by atoms with van der Waals surface area (Å²) in [5.41, 5.74) is 3.81. The first-order valence-corrected chi connectivity index (χ1v) is 9.55. The molecule has 0 radical (unpaired) electrons. The van der Waals surface area contributed by atoms with Crippen LogP contribution in [0.15, 0.2) is 36.7 Å². The van der Waals surface area contributed by atoms with E-state index in [-0.39, 0.29) is 24.0 Å². The van der Waals surface area contributed by atoms with Gasteiger partial charge in [-0.15, -0.1) is 25.6 Å². The fourth-order valence-electron chi connectivity index (χ4n) is 4.04. The molecule has 4 rings (SSSR count). The standard InChI is InChI=1S/C21H21F4N3O.ClH/c1-2-27-7-6-20-18(13-27)17-10-16(29-21(23,24)25)3-4-19(17)28(20)8-5-14-9-15(22)12-26-11-14;/h3-4,9-12H,2,5-8,13H2,1H3;1H. The van der Waals surface area contributed by atoms with Crippen LogP contribution < -0.4 is 4.74 Å². The smallest absolute Gasteiger partial charge is 0.406 e. The summed E-state index contributed by atoms with van der Waals surface area (Å²) in [4.78, 5) is 6.15. The first-order chi connectivity index (χ1) is 13.8. The summed E-state index contributed by atoms with van der Waals surface area (Å²) in [5, 5.41) is 0.775. The zero-order valence-electron chi connectivity index (χ0n) is 16.4. The van der Waals surface area contributed by atoms with Crippen molar-refractivity contribution >= 4 is 23.3 Å². The van der Waals surface area contributed by atoms with Crippen molar-refractivity contribution in [3.05, 3.63) is 59.3 Å². The third-order valence-corrected chi connectivity index (χ3v) is 5.37. The average molecular weight is 444 g/mol. The highest BCUT2D eigenvalue weighted by Crippen LogP contribution is 2.35. The van der Waals surface area contributed by atoms with Crippen molar-refractivity contribution < 1.29 is 22.3 Å². The number of aromatic nitrogens is 2. The number of aryl methyl sites for hydroxylation is 2. The summed E-state index contributed by atoms with van der Waals surface area (Å²) in [5.74, 6) is -0.595. The molecular weight excluding hydrogens is 422 g/mol. The highest BCUT2D eigenvalue weighted by atomic mass is 35.5. The predicted molar refractivity (Wildman–Crippen MR) is 108 cm³/mol. The second-order valence-corrected chi connectivity index (χ2v) is 7.18. The van der Waals surface area contributed by atoms with Gasteiger partial charge in [0.25, 0.3) is 0 Å². The number of hydrogen-bond acceptors (Lipinski definition) is 3. The van der Waals surface area contributed by atoms with E-state index >= 15 is 0 Å². The lowest BCUT2D eigenvalue weighted by atomic mass is 10.0. The summed E-state index contributed by atoms with van der Waals surface area (Å²) in [6.07, 6.45) is -0.530. The Balaban J connectivity index is 0.00000256. The molecule has 0 fully saturated rings. The van der Waals surface area contributed by atoms with Gasteiger partial charge in [0.15, 0.2) is 0 Å². The second-order valence-electron chi connectivity index (χ2n) is 7.18. The molecule has 1 aromatic carbocycles. The number of halogens is 5. The highest BCUT2D eigenvalue weighted by Gasteiger charge is 2.32. The number of nitrogens with zero attached hydrogens (tertiary/aromatic N) is 3. The van der Waals surface area contributed by atoms with E-state index in [4.69, 9.17) is 0 Å². The summed E-state index contributed by atoms with van der Waals surface area (Å²) in [6, 6.07) is 5.95. The Bertz CT molecular complexity index is 1030. The Morgan fingerprint density at radius 3 is 2.67 bits per heavy atom. The molecular formula is C21H22ClF4N3O. The molecule has 3 heterocycles. The maximum Gasteiger partial charge on any atom is 0.573 e. The van der Waals surface area contributed by atoms with Gasteiger partial charge >= 0.3 is 6.36 Å². The minimum absolute atomic E-state index is 0. The summed E-state index contributed by atoms with van der Waals surface area (Å²) >= 11 is 0. The van der Waals surface area contributed by atoms with Gasteiger partial charge < -0.3 is 9.30 Å². The van der Waals surface area contributed by atoms with Gasteiger partial charge in [0.1, 0.15) is 11.6 Å². The molecule has 4 nitrogen and oxygen atoms in total. The summed E-state index contributed by atoms with van der Waals surface area (Å²) in [6.45, 7) is 5.13. The van der Waals surface area contributed by atoms with E-state index in [1.807, 2.05) is 0 Å². The molecule has 0 spiro atoms. The number of pyridine rings is 1. The summed E-state index contributed by atoms with van der Waals surface area (Å²) in [7, 11) is 0. The number of rotatable bonds is 5. The topological polar surface area (TPSA) is 30.3 Å². The van der Waals surface area contributed by atoms with Gasteiger partial charge in [-0.1, -0.05) is 6.92 Å². The van der Waals surface area contributed by atoms with Crippen LogP contribution >= 0.6 is 12.4 Å². The van der Waals surface area contributed by atoms with E-state index in [0.717, 1.165) is 53.4 Å². The van der Waals surface area contributed by atoms with E-state index in [2.05, 4.69) is 26.1 Å². The number of fused-ring (bicyclic) bond motifs is 3. The van der Waals surface area contributed by atoms with E-state index in [1.165, 1.54) is 18.2 Å². The molecule has 0 saturated carbocycles. The minimum atomic E-state index is -4.73. The molecule has 0 aliphatic carbocycles. The van der Waals surface area contributed by atoms with Crippen LogP contribution in [0, 0.1) is 5.82 Å². The molecule has 1 aliphatic heterocycles. The van der Waals surface area contributed by atoms with Gasteiger partial charge in [-0.3, -0.25) is 9.88 Å². The fraction of sp³-hybridized carbons (Fsp3) is 0.381. The molecule has 0 atom stereocenters. The molecule has 2 aromatic heterocycles. The van der Waals surface area contributed by atoms with Gasteiger partial charge in [-0.25, -0.2) is 4.39 Å². The maximum atomic E-state index is 13.4. The van der Waals surface area contributed by atoms with Crippen molar-refractivity contribution in [2.75, 3.05) is 13.1 Å². The number of alkyl halides is 3. The van der Waals surface area contributed by atoms with Crippen molar-refractivity contribution in [3.8, 4) is 5.75 Å². The molecule has 0 amide bonds. The van der Waals surface area contributed by atoms with Crippen LogP contribution in [0.2, 0.25) is 0 Å². The lowest BCUT2D eigenvalue weighted by molar-refractivity contribution is -0.274. The van der Waals surface area contributed by atoms with Crippen LogP contribution in [0.1, 0.15) is 23.7 Å². The Morgan fingerprint density at radius 2 is 1.97 bits per heavy atom. The van der Waals surface area contributed by atoms with Crippen LogP contribution in [0.25, 0.3) is 10.9 Å². The molecule has 3 aromatic rings. The van der Waals surface area contributed by atoms with E-state index < -0.39 is 6.36 Å². The van der Waals surface area contributed by atoms with Crippen LogP contribution in [0.4, 0.5) is 17.6 Å². The fourth-order valence-corrected chi connectivity index (χ4v) is 4.04. The van der Waals surface area contributed by atoms with E-state index in [1.54, 1.807) is 12.3 Å². The van der Waals surface area contributed by atoms with Crippen LogP contribution in [-0.4, -0.2) is 33.9 Å². The number of ether oxygens (including phenoxy) is 1. The van der Waals surface area contributed by atoms with Gasteiger partial charge in [0.2, 0.25) is 0 Å². The largest absolute Gasteiger partial charge is 0.573 e. The van der Waals surface area contributed by atoms with Crippen LogP contribution in [0.3, 0.4) is 0 Å². The maximum absolute atomic E-state index is 13.4. The van der Waals surface area contributed by atoms with Crippen molar-refractivity contribution in [2.45, 2.75) is 39.2 Å². The average Bonchev–Trinajstić information content (AvgIpc) is 2.97. The van der Waals surface area contributed by atoms with Crippen molar-refractivity contribution in [1.82, 2.24) is 14.5 Å². The monoisotopic (exact) mass is 443 g/mol. The Hall–Kier alpha value is -2.32. The Kier molecular flexibility index (Phi) is 6.57. The predicted octanol–water partition coefficient (Wildman–Crippen LogP) is 5.12. The van der Waals surface area contributed by atoms with Crippen molar-refractivity contribution in [3.63, 3.8) is 0 Å². The molecule has 0 bridgehead atoms. The summed E-state index contributed by atoms with van der Waals surface area (Å²) < 4.78 is 57.7. The van der Waals surface area contributed by atoms with Crippen LogP contribution in [0.5, 0.6) is 5.75 Å². The molecule has 0 unspecified atom stereocenters. The first-order valence-electron chi connectivity index (χ1n) is 9.55. The molecule has 162 valence electrons. The first kappa shape index (κ1) is 22.4. The number of benzene rings is 1. The molecule has 9 heteroatoms. The number of likely N-dealkylation sites (N-methyl/N-ethyl adjacent to an activating group) is 1. The molecule has 0 N–H and O–H groups in total. The second kappa shape index (κ2) is 8.81. The van der Waals surface area contributed by atoms with Crippen molar-refractivity contribution in [2.24, 2.45) is 0 Å². The van der Waals surface area contributed by atoms with Gasteiger partial charge in [-0.2, -0.15) is 0 Å². The lowest BCUT2D eigenvalue weighted by Crippen LogP contribution is -2.30. The Labute approximate surface area is 177 Å². The number of hydrogen-bond donors (Lipinski definition) is 0. The highest BCUT2D eigenvalue weighted by molar-refractivity contribution is 5.87. The Morgan fingerprint density at radius 1 is 1.17 bits per heavy atom. The normalized spacial score (nSPS) is 14.4. The SMILES string of the molecule is CCN1CCc2c(c3cc(OC(F)(F)F)ccc3n2CCc2cncc(F)c2)C1.Cl. The molecule has 30 heavy (non-hydrogen) atoms. The lowest BCUT2D eigenvalue weighted by Gasteiger charge is -2.27. The third kappa shape index (κ3) is 4.70. The van der Waals surface area contributed by atoms with Gasteiger partial charge in [-0.05, 0) is 48.4 Å². The molecule has 1 aliphatic rings. The van der Waals surface area contributed by atoms with Crippen molar-refractivity contribution in [1.29, 1.82) is 0 Å². The zero-order chi connectivity index (χ0) is 20.6.